The lowest BCUT2D eigenvalue weighted by molar-refractivity contribution is -0.00876. The molecule has 5 aromatic heterocycles. The number of pyridine rings is 3. The molecule has 1 N–H and O–H groups in total. The number of piperidine rings is 1. The van der Waals surface area contributed by atoms with Gasteiger partial charge in [0.25, 0.3) is 0 Å². The van der Waals surface area contributed by atoms with Crippen molar-refractivity contribution in [3.05, 3.63) is 78.5 Å². The van der Waals surface area contributed by atoms with Crippen LogP contribution >= 0.6 is 0 Å². The summed E-state index contributed by atoms with van der Waals surface area (Å²) in [6, 6.07) is 15.3. The largest absolute Gasteiger partial charge is 0.481 e. The highest BCUT2D eigenvalue weighted by Crippen LogP contribution is 2.37. The van der Waals surface area contributed by atoms with Gasteiger partial charge < -0.3 is 14.7 Å². The summed E-state index contributed by atoms with van der Waals surface area (Å²) in [7, 11) is 1.63. The Morgan fingerprint density at radius 2 is 1.88 bits per heavy atom. The Hall–Kier alpha value is -4.79. The first kappa shape index (κ1) is 27.1. The topological polar surface area (TPSA) is 121 Å². The number of ether oxygens (including phenoxy) is 1. The SMILES string of the molecule is COc1ccc(CN2C3CC2CN(c2ccc(-c4cc(-c5ccn(CC(C)(C)O)n5)cn5ncc(C#N)c45)cn2)C3)cn1. The van der Waals surface area contributed by atoms with E-state index >= 15 is 0 Å². The Labute approximate surface area is 249 Å². The van der Waals surface area contributed by atoms with Gasteiger partial charge in [-0.2, -0.15) is 15.5 Å². The van der Waals surface area contributed by atoms with Crippen LogP contribution in [0.25, 0.3) is 27.9 Å². The standard InChI is InChI=1S/C32H33N9O2/c1-32(2,42)20-39-9-8-28(37-39)23-10-27(31-24(12-33)15-36-41(31)17-23)22-5-6-29(34-14-22)38-18-25-11-26(19-38)40(25)16-21-4-7-30(43-3)35-13-21/h4-10,13-15,17,25-26,42H,11,16,18-20H2,1-3H3. The van der Waals surface area contributed by atoms with Crippen molar-refractivity contribution in [3.8, 4) is 34.3 Å². The normalized spacial score (nSPS) is 18.4. The number of anilines is 1. The second kappa shape index (κ2) is 10.5. The molecule has 5 aromatic rings. The Bertz CT molecular complexity index is 1800. The summed E-state index contributed by atoms with van der Waals surface area (Å²) in [5.74, 6) is 1.59. The monoisotopic (exact) mass is 575 g/mol. The van der Waals surface area contributed by atoms with Crippen molar-refractivity contribution in [3.63, 3.8) is 0 Å². The van der Waals surface area contributed by atoms with Crippen molar-refractivity contribution in [2.75, 3.05) is 25.1 Å². The molecule has 11 heteroatoms. The Balaban J connectivity index is 1.12. The summed E-state index contributed by atoms with van der Waals surface area (Å²) in [6.45, 7) is 6.64. The number of rotatable bonds is 8. The molecular weight excluding hydrogens is 542 g/mol. The summed E-state index contributed by atoms with van der Waals surface area (Å²) < 4.78 is 8.66. The second-order valence-corrected chi connectivity index (χ2v) is 12.1. The van der Waals surface area contributed by atoms with E-state index in [1.54, 1.807) is 36.4 Å². The van der Waals surface area contributed by atoms with Gasteiger partial charge >= 0.3 is 0 Å². The van der Waals surface area contributed by atoms with Crippen LogP contribution in [0.4, 0.5) is 5.82 Å². The molecule has 0 radical (unpaired) electrons. The van der Waals surface area contributed by atoms with Gasteiger partial charge in [0, 0.05) is 79.3 Å². The van der Waals surface area contributed by atoms with Gasteiger partial charge in [0.15, 0.2) is 0 Å². The maximum absolute atomic E-state index is 10.2. The Morgan fingerprint density at radius 1 is 1.05 bits per heavy atom. The van der Waals surface area contributed by atoms with Crippen molar-refractivity contribution in [1.82, 2.24) is 34.3 Å². The number of hydrogen-bond acceptors (Lipinski definition) is 9. The molecule has 43 heavy (non-hydrogen) atoms. The van der Waals surface area contributed by atoms with Crippen LogP contribution < -0.4 is 9.64 Å². The molecule has 3 saturated heterocycles. The lowest BCUT2D eigenvalue weighted by atomic mass is 9.87. The highest BCUT2D eigenvalue weighted by atomic mass is 16.5. The minimum Gasteiger partial charge on any atom is -0.481 e. The fourth-order valence-corrected chi connectivity index (χ4v) is 6.26. The Morgan fingerprint density at radius 3 is 2.56 bits per heavy atom. The first-order valence-electron chi connectivity index (χ1n) is 14.4. The van der Waals surface area contributed by atoms with Crippen LogP contribution in [0.5, 0.6) is 5.88 Å². The fraction of sp³-hybridized carbons (Fsp3) is 0.344. The average Bonchev–Trinajstić information content (AvgIpc) is 3.66. The third-order valence-corrected chi connectivity index (χ3v) is 8.32. The molecule has 2 bridgehead atoms. The smallest absolute Gasteiger partial charge is 0.212 e. The van der Waals surface area contributed by atoms with E-state index in [1.165, 1.54) is 12.0 Å². The number of nitriles is 1. The summed E-state index contributed by atoms with van der Waals surface area (Å²) in [4.78, 5) is 14.2. The fourth-order valence-electron chi connectivity index (χ4n) is 6.26. The number of aromatic nitrogens is 6. The van der Waals surface area contributed by atoms with Crippen LogP contribution in [-0.4, -0.2) is 77.3 Å². The van der Waals surface area contributed by atoms with Gasteiger partial charge in [-0.05, 0) is 50.1 Å². The van der Waals surface area contributed by atoms with E-state index in [1.807, 2.05) is 43.0 Å². The predicted molar refractivity (Wildman–Crippen MR) is 161 cm³/mol. The Kier molecular flexibility index (Phi) is 6.60. The molecule has 0 saturated carbocycles. The molecule has 11 nitrogen and oxygen atoms in total. The van der Waals surface area contributed by atoms with Crippen LogP contribution in [0.2, 0.25) is 0 Å². The van der Waals surface area contributed by atoms with Crippen molar-refractivity contribution >= 4 is 11.3 Å². The van der Waals surface area contributed by atoms with Gasteiger partial charge in [0.1, 0.15) is 11.9 Å². The third kappa shape index (κ3) is 5.20. The van der Waals surface area contributed by atoms with Crippen LogP contribution in [-0.2, 0) is 13.1 Å². The number of aliphatic hydroxyl groups is 1. The van der Waals surface area contributed by atoms with Crippen LogP contribution in [0.3, 0.4) is 0 Å². The van der Waals surface area contributed by atoms with E-state index in [0.717, 1.165) is 53.4 Å². The van der Waals surface area contributed by atoms with E-state index in [9.17, 15) is 10.4 Å². The number of piperazine rings is 1. The van der Waals surface area contributed by atoms with E-state index in [2.05, 4.69) is 49.2 Å². The molecular formula is C32H33N9O2. The number of hydrogen-bond donors (Lipinski definition) is 1. The maximum atomic E-state index is 10.2. The quantitative estimate of drug-likeness (QED) is 0.295. The average molecular weight is 576 g/mol. The predicted octanol–water partition coefficient (Wildman–Crippen LogP) is 3.77. The van der Waals surface area contributed by atoms with Crippen molar-refractivity contribution in [2.24, 2.45) is 0 Å². The molecule has 8 heterocycles. The molecule has 0 aromatic carbocycles. The van der Waals surface area contributed by atoms with E-state index < -0.39 is 5.60 Å². The maximum Gasteiger partial charge on any atom is 0.212 e. The molecule has 0 spiro atoms. The summed E-state index contributed by atoms with van der Waals surface area (Å²) in [6.07, 6.45) is 10.3. The van der Waals surface area contributed by atoms with Crippen LogP contribution in [0.1, 0.15) is 31.4 Å². The number of methoxy groups -OCH3 is 1. The molecule has 2 atom stereocenters. The van der Waals surface area contributed by atoms with Gasteiger partial charge in [-0.3, -0.25) is 9.58 Å². The molecule has 2 unspecified atom stereocenters. The van der Waals surface area contributed by atoms with Crippen LogP contribution in [0, 0.1) is 11.3 Å². The second-order valence-electron chi connectivity index (χ2n) is 12.1. The molecule has 3 fully saturated rings. The minimum absolute atomic E-state index is 0.377. The number of nitrogens with zero attached hydrogens (tertiary/aromatic N) is 9. The zero-order chi connectivity index (χ0) is 29.7. The highest BCUT2D eigenvalue weighted by molar-refractivity contribution is 5.87. The van der Waals surface area contributed by atoms with Crippen molar-refractivity contribution < 1.29 is 9.84 Å². The minimum atomic E-state index is -0.878. The third-order valence-electron chi connectivity index (χ3n) is 8.32. The summed E-state index contributed by atoms with van der Waals surface area (Å²) in [5.41, 5.74) is 4.94. The molecule has 0 aliphatic carbocycles. The lowest BCUT2D eigenvalue weighted by Crippen LogP contribution is -2.68. The first-order chi connectivity index (χ1) is 20.8. The lowest BCUT2D eigenvalue weighted by Gasteiger charge is -2.56. The highest BCUT2D eigenvalue weighted by Gasteiger charge is 2.44. The van der Waals surface area contributed by atoms with Gasteiger partial charge in [0.05, 0.1) is 42.2 Å². The van der Waals surface area contributed by atoms with Crippen LogP contribution in [0.15, 0.2) is 67.4 Å². The summed E-state index contributed by atoms with van der Waals surface area (Å²) in [5, 5.41) is 29.1. The number of fused-ring (bicyclic) bond motifs is 3. The molecule has 0 amide bonds. The van der Waals surface area contributed by atoms with E-state index in [-0.39, 0.29) is 0 Å². The zero-order valence-corrected chi connectivity index (χ0v) is 24.4. The van der Waals surface area contributed by atoms with Gasteiger partial charge in [-0.25, -0.2) is 14.5 Å². The van der Waals surface area contributed by atoms with E-state index in [0.29, 0.717) is 30.1 Å². The van der Waals surface area contributed by atoms with Crippen molar-refractivity contribution in [1.29, 1.82) is 5.26 Å². The summed E-state index contributed by atoms with van der Waals surface area (Å²) >= 11 is 0. The van der Waals surface area contributed by atoms with Gasteiger partial charge in [-0.15, -0.1) is 0 Å². The molecule has 3 aliphatic heterocycles. The van der Waals surface area contributed by atoms with E-state index in [4.69, 9.17) is 9.72 Å². The molecule has 3 aliphatic rings. The molecule has 8 rings (SSSR count). The van der Waals surface area contributed by atoms with Gasteiger partial charge in [0.2, 0.25) is 5.88 Å². The first-order valence-corrected chi connectivity index (χ1v) is 14.4. The van der Waals surface area contributed by atoms with Gasteiger partial charge in [-0.1, -0.05) is 6.07 Å². The van der Waals surface area contributed by atoms with Crippen molar-refractivity contribution in [2.45, 2.75) is 51.0 Å². The molecule has 218 valence electrons. The zero-order valence-electron chi connectivity index (χ0n) is 24.4.